The van der Waals surface area contributed by atoms with Crippen molar-refractivity contribution in [3.05, 3.63) is 59.7 Å². The molecule has 0 amide bonds. The van der Waals surface area contributed by atoms with Crippen LogP contribution in [-0.2, 0) is 6.42 Å². The Morgan fingerprint density at radius 1 is 1.15 bits per heavy atom. The van der Waals surface area contributed by atoms with Crippen LogP contribution in [0, 0.1) is 5.92 Å². The first-order valence-electron chi connectivity index (χ1n) is 4.75. The van der Waals surface area contributed by atoms with Gasteiger partial charge in [-0.2, -0.15) is 0 Å². The Hall–Kier alpha value is -1.30. The van der Waals surface area contributed by atoms with Crippen LogP contribution in [0.3, 0.4) is 0 Å². The van der Waals surface area contributed by atoms with Gasteiger partial charge in [0, 0.05) is 5.92 Å². The second kappa shape index (κ2) is 3.61. The predicted octanol–water partition coefficient (Wildman–Crippen LogP) is 3.36. The monoisotopic (exact) mass is 170 g/mol. The topological polar surface area (TPSA) is 0 Å². The molecule has 0 bridgehead atoms. The number of allylic oxidation sites excluding steroid dienone is 4. The molecule has 1 atom stereocenters. The van der Waals surface area contributed by atoms with E-state index in [0.717, 1.165) is 6.42 Å². The van der Waals surface area contributed by atoms with Crippen LogP contribution in [-0.4, -0.2) is 0 Å². The molecule has 2 rings (SSSR count). The molecule has 0 nitrogen and oxygen atoms in total. The van der Waals surface area contributed by atoms with Gasteiger partial charge in [-0.3, -0.25) is 0 Å². The SMILES string of the molecule is CC1=CC=CC1Cc1ccccc1. The van der Waals surface area contributed by atoms with Crippen LogP contribution in [0.5, 0.6) is 0 Å². The molecule has 0 aliphatic heterocycles. The molecule has 0 aromatic heterocycles. The summed E-state index contributed by atoms with van der Waals surface area (Å²) in [5.74, 6) is 0.627. The first-order chi connectivity index (χ1) is 6.36. The van der Waals surface area contributed by atoms with Crippen LogP contribution >= 0.6 is 0 Å². The molecule has 0 heteroatoms. The molecular formula is C13H14. The molecule has 1 aromatic carbocycles. The normalized spacial score (nSPS) is 20.4. The molecule has 0 fully saturated rings. The van der Waals surface area contributed by atoms with Crippen molar-refractivity contribution in [1.82, 2.24) is 0 Å². The van der Waals surface area contributed by atoms with Gasteiger partial charge in [0.1, 0.15) is 0 Å². The van der Waals surface area contributed by atoms with E-state index in [1.54, 1.807) is 0 Å². The zero-order chi connectivity index (χ0) is 9.10. The summed E-state index contributed by atoms with van der Waals surface area (Å²) in [6.07, 6.45) is 7.78. The molecule has 1 aliphatic carbocycles. The van der Waals surface area contributed by atoms with Gasteiger partial charge in [0.15, 0.2) is 0 Å². The lowest BCUT2D eigenvalue weighted by atomic mass is 9.96. The maximum absolute atomic E-state index is 2.28. The molecule has 0 heterocycles. The summed E-state index contributed by atoms with van der Waals surface area (Å²) in [6.45, 7) is 2.20. The van der Waals surface area contributed by atoms with Gasteiger partial charge in [-0.15, -0.1) is 0 Å². The fourth-order valence-corrected chi connectivity index (χ4v) is 1.71. The molecule has 66 valence electrons. The molecule has 1 aromatic rings. The number of benzene rings is 1. The van der Waals surface area contributed by atoms with Gasteiger partial charge in [-0.05, 0) is 18.9 Å². The van der Waals surface area contributed by atoms with E-state index in [0.29, 0.717) is 5.92 Å². The Bertz CT molecular complexity index is 330. The fourth-order valence-electron chi connectivity index (χ4n) is 1.71. The molecule has 1 unspecified atom stereocenters. The highest BCUT2D eigenvalue weighted by molar-refractivity contribution is 5.29. The van der Waals surface area contributed by atoms with Crippen LogP contribution in [0.4, 0.5) is 0 Å². The average Bonchev–Trinajstić information content (AvgIpc) is 2.54. The Balaban J connectivity index is 2.07. The fraction of sp³-hybridized carbons (Fsp3) is 0.231. The highest BCUT2D eigenvalue weighted by atomic mass is 14.1. The second-order valence-corrected chi connectivity index (χ2v) is 3.59. The predicted molar refractivity (Wildman–Crippen MR) is 56.5 cm³/mol. The molecular weight excluding hydrogens is 156 g/mol. The maximum atomic E-state index is 2.28. The summed E-state index contributed by atoms with van der Waals surface area (Å²) in [4.78, 5) is 0. The number of hydrogen-bond donors (Lipinski definition) is 0. The van der Waals surface area contributed by atoms with E-state index in [1.165, 1.54) is 11.1 Å². The first kappa shape index (κ1) is 8.31. The Labute approximate surface area is 79.6 Å². The third-order valence-electron chi connectivity index (χ3n) is 2.59. The van der Waals surface area contributed by atoms with Crippen molar-refractivity contribution < 1.29 is 0 Å². The van der Waals surface area contributed by atoms with Gasteiger partial charge in [-0.25, -0.2) is 0 Å². The lowest BCUT2D eigenvalue weighted by Gasteiger charge is -2.09. The summed E-state index contributed by atoms with van der Waals surface area (Å²) in [6, 6.07) is 10.7. The second-order valence-electron chi connectivity index (χ2n) is 3.59. The van der Waals surface area contributed by atoms with E-state index in [9.17, 15) is 0 Å². The highest BCUT2D eigenvalue weighted by Crippen LogP contribution is 2.22. The smallest absolute Gasteiger partial charge is 0.00206 e. The van der Waals surface area contributed by atoms with E-state index < -0.39 is 0 Å². The summed E-state index contributed by atoms with van der Waals surface area (Å²) < 4.78 is 0. The molecule has 1 aliphatic rings. The number of rotatable bonds is 2. The Morgan fingerprint density at radius 3 is 2.54 bits per heavy atom. The highest BCUT2D eigenvalue weighted by Gasteiger charge is 2.10. The van der Waals surface area contributed by atoms with Crippen LogP contribution in [0.2, 0.25) is 0 Å². The molecule has 0 spiro atoms. The van der Waals surface area contributed by atoms with Gasteiger partial charge in [0.2, 0.25) is 0 Å². The van der Waals surface area contributed by atoms with E-state index in [4.69, 9.17) is 0 Å². The van der Waals surface area contributed by atoms with Crippen molar-refractivity contribution in [3.8, 4) is 0 Å². The zero-order valence-corrected chi connectivity index (χ0v) is 7.90. The summed E-state index contributed by atoms with van der Waals surface area (Å²) in [5.41, 5.74) is 2.90. The molecule has 0 saturated carbocycles. The van der Waals surface area contributed by atoms with Crippen LogP contribution in [0.15, 0.2) is 54.1 Å². The summed E-state index contributed by atoms with van der Waals surface area (Å²) in [7, 11) is 0. The molecule has 0 N–H and O–H groups in total. The van der Waals surface area contributed by atoms with Crippen molar-refractivity contribution in [2.24, 2.45) is 5.92 Å². The van der Waals surface area contributed by atoms with Gasteiger partial charge in [0.05, 0.1) is 0 Å². The van der Waals surface area contributed by atoms with Crippen molar-refractivity contribution in [2.45, 2.75) is 13.3 Å². The van der Waals surface area contributed by atoms with Crippen LogP contribution in [0.25, 0.3) is 0 Å². The third kappa shape index (κ3) is 1.89. The maximum Gasteiger partial charge on any atom is 0.00206 e. The van der Waals surface area contributed by atoms with Crippen LogP contribution < -0.4 is 0 Å². The van der Waals surface area contributed by atoms with Gasteiger partial charge in [0.25, 0.3) is 0 Å². The Kier molecular flexibility index (Phi) is 2.31. The van der Waals surface area contributed by atoms with Crippen molar-refractivity contribution >= 4 is 0 Å². The van der Waals surface area contributed by atoms with E-state index in [1.807, 2.05) is 0 Å². The Morgan fingerprint density at radius 2 is 1.92 bits per heavy atom. The van der Waals surface area contributed by atoms with E-state index >= 15 is 0 Å². The van der Waals surface area contributed by atoms with E-state index in [-0.39, 0.29) is 0 Å². The lowest BCUT2D eigenvalue weighted by Crippen LogP contribution is -1.99. The van der Waals surface area contributed by atoms with Crippen molar-refractivity contribution in [1.29, 1.82) is 0 Å². The van der Waals surface area contributed by atoms with Crippen molar-refractivity contribution in [3.63, 3.8) is 0 Å². The minimum atomic E-state index is 0.627. The summed E-state index contributed by atoms with van der Waals surface area (Å²) in [5, 5.41) is 0. The summed E-state index contributed by atoms with van der Waals surface area (Å²) >= 11 is 0. The minimum absolute atomic E-state index is 0.627. The van der Waals surface area contributed by atoms with Crippen molar-refractivity contribution in [2.75, 3.05) is 0 Å². The van der Waals surface area contributed by atoms with Gasteiger partial charge in [-0.1, -0.05) is 54.1 Å². The van der Waals surface area contributed by atoms with E-state index in [2.05, 4.69) is 55.5 Å². The zero-order valence-electron chi connectivity index (χ0n) is 7.90. The first-order valence-corrected chi connectivity index (χ1v) is 4.75. The average molecular weight is 170 g/mol. The molecule has 0 radical (unpaired) electrons. The third-order valence-corrected chi connectivity index (χ3v) is 2.59. The minimum Gasteiger partial charge on any atom is -0.0770 e. The lowest BCUT2D eigenvalue weighted by molar-refractivity contribution is 0.766. The van der Waals surface area contributed by atoms with Crippen LogP contribution in [0.1, 0.15) is 12.5 Å². The quantitative estimate of drug-likeness (QED) is 0.638. The standard InChI is InChI=1S/C13H14/c1-11-6-5-9-13(11)10-12-7-3-2-4-8-12/h2-9,13H,10H2,1H3. The molecule has 13 heavy (non-hydrogen) atoms. The van der Waals surface area contributed by atoms with Gasteiger partial charge < -0.3 is 0 Å². The number of hydrogen-bond acceptors (Lipinski definition) is 0. The van der Waals surface area contributed by atoms with Gasteiger partial charge >= 0.3 is 0 Å². The molecule has 0 saturated heterocycles. The largest absolute Gasteiger partial charge is 0.0770 e.